The molecule has 19 heavy (non-hydrogen) atoms. The fourth-order valence-electron chi connectivity index (χ4n) is 2.43. The van der Waals surface area contributed by atoms with Crippen LogP contribution in [0.3, 0.4) is 0 Å². The van der Waals surface area contributed by atoms with Gasteiger partial charge in [-0.1, -0.05) is 13.0 Å². The van der Waals surface area contributed by atoms with Crippen molar-refractivity contribution in [3.05, 3.63) is 29.8 Å². The minimum absolute atomic E-state index is 0.0141. The van der Waals surface area contributed by atoms with Crippen LogP contribution >= 0.6 is 0 Å². The Labute approximate surface area is 112 Å². The highest BCUT2D eigenvalue weighted by molar-refractivity contribution is 7.85. The molecule has 0 heterocycles. The molecule has 0 spiro atoms. The molecule has 106 valence electrons. The molecular weight excluding hydrogens is 275 g/mol. The zero-order valence-corrected chi connectivity index (χ0v) is 11.3. The molecule has 0 radical (unpaired) electrons. The van der Waals surface area contributed by atoms with Crippen LogP contribution in [-0.4, -0.2) is 15.5 Å². The van der Waals surface area contributed by atoms with Crippen molar-refractivity contribution in [2.24, 2.45) is 11.7 Å². The molecule has 2 rings (SSSR count). The maximum atomic E-state index is 12.6. The van der Waals surface area contributed by atoms with Crippen LogP contribution in [0.4, 0.5) is 13.2 Å². The van der Waals surface area contributed by atoms with E-state index in [9.17, 15) is 17.4 Å². The van der Waals surface area contributed by atoms with E-state index in [-0.39, 0.29) is 22.1 Å². The van der Waals surface area contributed by atoms with Gasteiger partial charge in [0.25, 0.3) is 0 Å². The fraction of sp³-hybridized carbons (Fsp3) is 0.538. The molecule has 4 unspecified atom stereocenters. The highest BCUT2D eigenvalue weighted by atomic mass is 32.2. The van der Waals surface area contributed by atoms with Crippen molar-refractivity contribution in [2.45, 2.75) is 42.1 Å². The number of alkyl halides is 3. The average Bonchev–Trinajstić information content (AvgIpc) is 2.68. The molecule has 2 N–H and O–H groups in total. The predicted octanol–water partition coefficient (Wildman–Crippen LogP) is 2.94. The SMILES string of the molecule is CC1C(N)CCC1S(=O)c1cccc(C(F)(F)F)c1. The first-order chi connectivity index (χ1) is 8.80. The Morgan fingerprint density at radius 1 is 1.32 bits per heavy atom. The molecule has 2 nitrogen and oxygen atoms in total. The van der Waals surface area contributed by atoms with Crippen LogP contribution in [-0.2, 0) is 17.0 Å². The Bertz CT molecular complexity index is 489. The smallest absolute Gasteiger partial charge is 0.327 e. The molecule has 0 amide bonds. The third kappa shape index (κ3) is 3.00. The number of hydrogen-bond donors (Lipinski definition) is 1. The van der Waals surface area contributed by atoms with Gasteiger partial charge in [0, 0.05) is 16.2 Å². The van der Waals surface area contributed by atoms with Crippen LogP contribution in [0.2, 0.25) is 0 Å². The summed E-state index contributed by atoms with van der Waals surface area (Å²) in [7, 11) is -1.43. The lowest BCUT2D eigenvalue weighted by molar-refractivity contribution is -0.137. The lowest BCUT2D eigenvalue weighted by Gasteiger charge is -2.18. The fourth-order valence-corrected chi connectivity index (χ4v) is 4.18. The molecular formula is C13H16F3NOS. The van der Waals surface area contributed by atoms with Crippen LogP contribution in [0.15, 0.2) is 29.2 Å². The number of rotatable bonds is 2. The molecule has 0 aromatic heterocycles. The zero-order chi connectivity index (χ0) is 14.2. The molecule has 6 heteroatoms. The van der Waals surface area contributed by atoms with Crippen molar-refractivity contribution in [2.75, 3.05) is 0 Å². The second-order valence-electron chi connectivity index (χ2n) is 4.96. The number of benzene rings is 1. The first-order valence-corrected chi connectivity index (χ1v) is 7.35. The third-order valence-corrected chi connectivity index (χ3v) is 5.65. The first kappa shape index (κ1) is 14.5. The Balaban J connectivity index is 2.25. The van der Waals surface area contributed by atoms with Gasteiger partial charge in [-0.2, -0.15) is 13.2 Å². The van der Waals surface area contributed by atoms with Gasteiger partial charge in [-0.25, -0.2) is 0 Å². The quantitative estimate of drug-likeness (QED) is 0.910. The lowest BCUT2D eigenvalue weighted by atomic mass is 10.1. The van der Waals surface area contributed by atoms with E-state index in [2.05, 4.69) is 0 Å². The Morgan fingerprint density at radius 3 is 2.53 bits per heavy atom. The molecule has 1 aliphatic carbocycles. The summed E-state index contributed by atoms with van der Waals surface area (Å²) in [6.07, 6.45) is -2.93. The van der Waals surface area contributed by atoms with Gasteiger partial charge in [-0.05, 0) is 37.0 Å². The van der Waals surface area contributed by atoms with Crippen molar-refractivity contribution >= 4 is 10.8 Å². The summed E-state index contributed by atoms with van der Waals surface area (Å²) in [6.45, 7) is 1.91. The standard InChI is InChI=1S/C13H16F3NOS/c1-8-11(17)5-6-12(8)19(18)10-4-2-3-9(7-10)13(14,15)16/h2-4,7-8,11-12H,5-6,17H2,1H3. The topological polar surface area (TPSA) is 43.1 Å². The van der Waals surface area contributed by atoms with Crippen LogP contribution in [0.25, 0.3) is 0 Å². The molecule has 1 aromatic rings. The average molecular weight is 291 g/mol. The number of nitrogens with two attached hydrogens (primary N) is 1. The minimum atomic E-state index is -4.40. The molecule has 1 aromatic carbocycles. The Morgan fingerprint density at radius 2 is 2.00 bits per heavy atom. The Kier molecular flexibility index (Phi) is 4.01. The number of halogens is 3. The predicted molar refractivity (Wildman–Crippen MR) is 68.0 cm³/mol. The summed E-state index contributed by atoms with van der Waals surface area (Å²) in [5.41, 5.74) is 5.11. The first-order valence-electron chi connectivity index (χ1n) is 6.14. The van der Waals surface area contributed by atoms with Crippen molar-refractivity contribution in [3.63, 3.8) is 0 Å². The monoisotopic (exact) mass is 291 g/mol. The van der Waals surface area contributed by atoms with E-state index in [0.29, 0.717) is 6.42 Å². The summed E-state index contributed by atoms with van der Waals surface area (Å²) in [6, 6.07) is 4.74. The van der Waals surface area contributed by atoms with E-state index in [1.54, 1.807) is 0 Å². The van der Waals surface area contributed by atoms with Crippen LogP contribution in [0, 0.1) is 5.92 Å². The summed E-state index contributed by atoms with van der Waals surface area (Å²) < 4.78 is 50.3. The molecule has 4 atom stereocenters. The van der Waals surface area contributed by atoms with Crippen LogP contribution in [0.5, 0.6) is 0 Å². The van der Waals surface area contributed by atoms with Crippen molar-refractivity contribution in [3.8, 4) is 0 Å². The van der Waals surface area contributed by atoms with Gasteiger partial charge < -0.3 is 5.73 Å². The lowest BCUT2D eigenvalue weighted by Crippen LogP contribution is -2.29. The van der Waals surface area contributed by atoms with Crippen LogP contribution in [0.1, 0.15) is 25.3 Å². The Hall–Kier alpha value is -0.880. The summed E-state index contributed by atoms with van der Waals surface area (Å²) in [5, 5.41) is -0.154. The molecule has 0 bridgehead atoms. The van der Waals surface area contributed by atoms with Crippen molar-refractivity contribution in [1.82, 2.24) is 0 Å². The van der Waals surface area contributed by atoms with E-state index in [1.165, 1.54) is 12.1 Å². The van der Waals surface area contributed by atoms with Gasteiger partial charge in [0.05, 0.1) is 16.4 Å². The molecule has 1 aliphatic rings. The van der Waals surface area contributed by atoms with Gasteiger partial charge in [-0.3, -0.25) is 4.21 Å². The normalized spacial score (nSPS) is 29.4. The van der Waals surface area contributed by atoms with Crippen molar-refractivity contribution in [1.29, 1.82) is 0 Å². The van der Waals surface area contributed by atoms with E-state index in [0.717, 1.165) is 18.6 Å². The summed E-state index contributed by atoms with van der Waals surface area (Å²) >= 11 is 0. The van der Waals surface area contributed by atoms with Gasteiger partial charge in [0.15, 0.2) is 0 Å². The maximum absolute atomic E-state index is 12.6. The molecule has 1 fully saturated rings. The molecule has 0 aliphatic heterocycles. The highest BCUT2D eigenvalue weighted by Crippen LogP contribution is 2.34. The van der Waals surface area contributed by atoms with Gasteiger partial charge in [-0.15, -0.1) is 0 Å². The van der Waals surface area contributed by atoms with Gasteiger partial charge in [0.2, 0.25) is 0 Å². The maximum Gasteiger partial charge on any atom is 0.416 e. The van der Waals surface area contributed by atoms with Gasteiger partial charge >= 0.3 is 6.18 Å². The van der Waals surface area contributed by atoms with E-state index in [1.807, 2.05) is 6.92 Å². The van der Waals surface area contributed by atoms with Crippen molar-refractivity contribution < 1.29 is 17.4 Å². The zero-order valence-electron chi connectivity index (χ0n) is 10.5. The highest BCUT2D eigenvalue weighted by Gasteiger charge is 2.36. The van der Waals surface area contributed by atoms with E-state index < -0.39 is 22.5 Å². The number of hydrogen-bond acceptors (Lipinski definition) is 2. The second kappa shape index (κ2) is 5.25. The minimum Gasteiger partial charge on any atom is -0.327 e. The summed E-state index contributed by atoms with van der Waals surface area (Å²) in [4.78, 5) is 0.237. The molecule has 1 saturated carbocycles. The van der Waals surface area contributed by atoms with E-state index in [4.69, 9.17) is 5.73 Å². The molecule has 0 saturated heterocycles. The van der Waals surface area contributed by atoms with E-state index >= 15 is 0 Å². The third-order valence-electron chi connectivity index (χ3n) is 3.71. The van der Waals surface area contributed by atoms with Crippen LogP contribution < -0.4 is 5.73 Å². The second-order valence-corrected chi connectivity index (χ2v) is 6.63. The summed E-state index contributed by atoms with van der Waals surface area (Å²) in [5.74, 6) is 0.0652. The van der Waals surface area contributed by atoms with Gasteiger partial charge in [0.1, 0.15) is 0 Å². The largest absolute Gasteiger partial charge is 0.416 e.